The Labute approximate surface area is 171 Å². The lowest BCUT2D eigenvalue weighted by Gasteiger charge is -2.29. The van der Waals surface area contributed by atoms with Crippen LogP contribution in [0.1, 0.15) is 37.3 Å². The molecule has 1 aliphatic heterocycles. The van der Waals surface area contributed by atoms with Crippen molar-refractivity contribution in [1.29, 1.82) is 0 Å². The molecule has 1 saturated heterocycles. The highest BCUT2D eigenvalue weighted by Crippen LogP contribution is 2.31. The Morgan fingerprint density at radius 1 is 1.14 bits per heavy atom. The maximum absolute atomic E-state index is 12.6. The number of quaternary nitrogens is 2. The number of halogens is 1. The van der Waals surface area contributed by atoms with Gasteiger partial charge in [-0.3, -0.25) is 4.79 Å². The van der Waals surface area contributed by atoms with Crippen LogP contribution in [0.5, 0.6) is 0 Å². The van der Waals surface area contributed by atoms with E-state index in [0.29, 0.717) is 12.6 Å². The van der Waals surface area contributed by atoms with Gasteiger partial charge in [0.05, 0.1) is 12.2 Å². The number of anilines is 1. The fraction of sp³-hybridized carbons (Fsp3) is 0.524. The summed E-state index contributed by atoms with van der Waals surface area (Å²) in [5, 5.41) is 8.33. The van der Waals surface area contributed by atoms with Crippen molar-refractivity contribution in [2.45, 2.75) is 38.3 Å². The van der Waals surface area contributed by atoms with Gasteiger partial charge < -0.3 is 15.1 Å². The van der Waals surface area contributed by atoms with Gasteiger partial charge in [0.2, 0.25) is 0 Å². The maximum atomic E-state index is 12.6. The average molecular weight is 404 g/mol. The minimum absolute atomic E-state index is 0.0908. The number of nitrogens with zero attached hydrogens (tertiary/aromatic N) is 2. The molecular formula is C21H30ClN5O+2. The van der Waals surface area contributed by atoms with Gasteiger partial charge in [-0.2, -0.15) is 5.10 Å². The minimum atomic E-state index is 0.0908. The molecule has 28 heavy (non-hydrogen) atoms. The van der Waals surface area contributed by atoms with Gasteiger partial charge in [0.1, 0.15) is 38.5 Å². The molecule has 1 amide bonds. The first-order valence-corrected chi connectivity index (χ1v) is 10.8. The Morgan fingerprint density at radius 2 is 1.89 bits per heavy atom. The lowest BCUT2D eigenvalue weighted by atomic mass is 10.2. The molecule has 1 saturated carbocycles. The molecule has 2 aromatic rings. The zero-order valence-corrected chi connectivity index (χ0v) is 17.0. The van der Waals surface area contributed by atoms with E-state index in [1.165, 1.54) is 23.3 Å². The molecule has 3 N–H and O–H groups in total. The quantitative estimate of drug-likeness (QED) is 0.660. The average Bonchev–Trinajstić information content (AvgIpc) is 3.35. The molecule has 1 aliphatic carbocycles. The second kappa shape index (κ2) is 9.07. The second-order valence-electron chi connectivity index (χ2n) is 8.13. The Hall–Kier alpha value is -1.89. The van der Waals surface area contributed by atoms with Crippen LogP contribution in [0, 0.1) is 0 Å². The number of hydrogen-bond acceptors (Lipinski definition) is 2. The van der Waals surface area contributed by atoms with E-state index in [4.69, 9.17) is 11.6 Å². The third-order valence-electron chi connectivity index (χ3n) is 6.03. The van der Waals surface area contributed by atoms with Crippen molar-refractivity contribution in [3.63, 3.8) is 0 Å². The summed E-state index contributed by atoms with van der Waals surface area (Å²) in [7, 11) is 0. The zero-order chi connectivity index (χ0) is 19.3. The largest absolute Gasteiger partial charge is 0.322 e. The molecule has 0 atom stereocenters. The van der Waals surface area contributed by atoms with Crippen molar-refractivity contribution in [1.82, 2.24) is 9.78 Å². The standard InChI is InChI=1S/C21H28ClN5O/c22-18-5-3-4-17(14-18)15-25-10-12-26(13-11-25)16-21(28)24-20-8-9-23-27(20)19-6-1-2-7-19/h3-5,8-9,14,19H,1-2,6-7,10-13,15-16H2,(H,24,28)/p+2. The van der Waals surface area contributed by atoms with Crippen LogP contribution >= 0.6 is 11.6 Å². The summed E-state index contributed by atoms with van der Waals surface area (Å²) < 4.78 is 2.01. The van der Waals surface area contributed by atoms with Crippen molar-refractivity contribution in [2.24, 2.45) is 0 Å². The molecule has 150 valence electrons. The Balaban J connectivity index is 1.24. The number of benzene rings is 1. The first-order chi connectivity index (χ1) is 13.7. The first-order valence-electron chi connectivity index (χ1n) is 10.4. The summed E-state index contributed by atoms with van der Waals surface area (Å²) >= 11 is 6.09. The lowest BCUT2D eigenvalue weighted by molar-refractivity contribution is -1.02. The van der Waals surface area contributed by atoms with E-state index in [2.05, 4.69) is 22.5 Å². The summed E-state index contributed by atoms with van der Waals surface area (Å²) in [6, 6.07) is 10.5. The van der Waals surface area contributed by atoms with Crippen molar-refractivity contribution in [3.8, 4) is 0 Å². The highest BCUT2D eigenvalue weighted by atomic mass is 35.5. The number of piperazine rings is 1. The lowest BCUT2D eigenvalue weighted by Crippen LogP contribution is -3.28. The Morgan fingerprint density at radius 3 is 2.64 bits per heavy atom. The van der Waals surface area contributed by atoms with Gasteiger partial charge >= 0.3 is 0 Å². The normalized spacial score (nSPS) is 23.0. The van der Waals surface area contributed by atoms with Crippen LogP contribution in [0.15, 0.2) is 36.5 Å². The number of carbonyl (C=O) groups excluding carboxylic acids is 1. The fourth-order valence-corrected chi connectivity index (χ4v) is 4.73. The fourth-order valence-electron chi connectivity index (χ4n) is 4.51. The van der Waals surface area contributed by atoms with Gasteiger partial charge in [-0.25, -0.2) is 4.68 Å². The zero-order valence-electron chi connectivity index (χ0n) is 16.3. The van der Waals surface area contributed by atoms with Crippen LogP contribution in [-0.4, -0.2) is 48.4 Å². The summed E-state index contributed by atoms with van der Waals surface area (Å²) in [6.07, 6.45) is 6.62. The smallest absolute Gasteiger partial charge is 0.280 e. The first kappa shape index (κ1) is 19.4. The van der Waals surface area contributed by atoms with Crippen LogP contribution in [0.2, 0.25) is 5.02 Å². The summed E-state index contributed by atoms with van der Waals surface area (Å²) in [5.41, 5.74) is 1.28. The van der Waals surface area contributed by atoms with E-state index in [0.717, 1.165) is 56.4 Å². The Bertz CT molecular complexity index is 794. The molecule has 7 heteroatoms. The highest BCUT2D eigenvalue weighted by Gasteiger charge is 2.26. The number of aromatic nitrogens is 2. The number of carbonyl (C=O) groups is 1. The predicted molar refractivity (Wildman–Crippen MR) is 110 cm³/mol. The van der Waals surface area contributed by atoms with Crippen LogP contribution < -0.4 is 15.1 Å². The molecule has 4 rings (SSSR count). The SMILES string of the molecule is O=C(C[NH+]1CC[NH+](Cc2cccc(Cl)c2)CC1)Nc1ccnn1C1CCCC1. The maximum Gasteiger partial charge on any atom is 0.280 e. The van der Waals surface area contributed by atoms with Crippen LogP contribution in [-0.2, 0) is 11.3 Å². The number of rotatable bonds is 6. The van der Waals surface area contributed by atoms with Gasteiger partial charge in [0, 0.05) is 16.7 Å². The molecule has 2 fully saturated rings. The van der Waals surface area contributed by atoms with Gasteiger partial charge in [-0.15, -0.1) is 0 Å². The summed E-state index contributed by atoms with van der Waals surface area (Å²) in [6.45, 7) is 5.72. The van der Waals surface area contributed by atoms with Crippen LogP contribution in [0.25, 0.3) is 0 Å². The van der Waals surface area contributed by atoms with Crippen molar-refractivity contribution < 1.29 is 14.6 Å². The van der Waals surface area contributed by atoms with Gasteiger partial charge in [0.25, 0.3) is 5.91 Å². The highest BCUT2D eigenvalue weighted by molar-refractivity contribution is 6.30. The molecule has 0 unspecified atom stereocenters. The number of amides is 1. The monoisotopic (exact) mass is 403 g/mol. The van der Waals surface area contributed by atoms with E-state index < -0.39 is 0 Å². The molecule has 2 heterocycles. The second-order valence-corrected chi connectivity index (χ2v) is 8.57. The third-order valence-corrected chi connectivity index (χ3v) is 6.26. The van der Waals surface area contributed by atoms with E-state index in [9.17, 15) is 4.79 Å². The molecule has 1 aromatic carbocycles. The summed E-state index contributed by atoms with van der Waals surface area (Å²) in [5.74, 6) is 0.939. The topological polar surface area (TPSA) is 55.8 Å². The molecule has 1 aromatic heterocycles. The minimum Gasteiger partial charge on any atom is -0.322 e. The molecule has 6 nitrogen and oxygen atoms in total. The molecular weight excluding hydrogens is 374 g/mol. The number of hydrogen-bond donors (Lipinski definition) is 3. The van der Waals surface area contributed by atoms with Crippen LogP contribution in [0.3, 0.4) is 0 Å². The molecule has 0 radical (unpaired) electrons. The van der Waals surface area contributed by atoms with E-state index in [1.54, 1.807) is 11.1 Å². The van der Waals surface area contributed by atoms with Gasteiger partial charge in [-0.1, -0.05) is 36.6 Å². The molecule has 2 aliphatic rings. The third kappa shape index (κ3) is 4.93. The van der Waals surface area contributed by atoms with E-state index >= 15 is 0 Å². The van der Waals surface area contributed by atoms with E-state index in [1.807, 2.05) is 22.9 Å². The molecule has 0 spiro atoms. The Kier molecular flexibility index (Phi) is 6.29. The predicted octanol–water partition coefficient (Wildman–Crippen LogP) is 0.574. The summed E-state index contributed by atoms with van der Waals surface area (Å²) in [4.78, 5) is 15.5. The van der Waals surface area contributed by atoms with Crippen molar-refractivity contribution in [2.75, 3.05) is 38.0 Å². The van der Waals surface area contributed by atoms with Gasteiger partial charge in [-0.05, 0) is 25.0 Å². The van der Waals surface area contributed by atoms with Gasteiger partial charge in [0.15, 0.2) is 6.54 Å². The van der Waals surface area contributed by atoms with Crippen LogP contribution in [0.4, 0.5) is 5.82 Å². The molecule has 0 bridgehead atoms. The van der Waals surface area contributed by atoms with E-state index in [-0.39, 0.29) is 5.91 Å². The van der Waals surface area contributed by atoms with Crippen molar-refractivity contribution >= 4 is 23.3 Å². The number of nitrogens with one attached hydrogen (secondary N) is 3. The van der Waals surface area contributed by atoms with Crippen molar-refractivity contribution in [3.05, 3.63) is 47.1 Å².